The molecule has 0 saturated heterocycles. The van der Waals surface area contributed by atoms with Gasteiger partial charge in [-0.05, 0) is 53.5 Å². The SMILES string of the molecule is COc1ccc(-c2csc(NC(=S)NC(=O)c3ccc(C(C)(C)C)cc3)n2)cc1F. The van der Waals surface area contributed by atoms with Crippen molar-refractivity contribution >= 4 is 39.7 Å². The fourth-order valence-electron chi connectivity index (χ4n) is 2.71. The van der Waals surface area contributed by atoms with E-state index in [0.717, 1.165) is 5.56 Å². The van der Waals surface area contributed by atoms with Gasteiger partial charge >= 0.3 is 0 Å². The van der Waals surface area contributed by atoms with Gasteiger partial charge in [0.15, 0.2) is 21.8 Å². The van der Waals surface area contributed by atoms with Gasteiger partial charge in [0.1, 0.15) is 0 Å². The second-order valence-electron chi connectivity index (χ2n) is 7.62. The Kier molecular flexibility index (Phi) is 6.48. The summed E-state index contributed by atoms with van der Waals surface area (Å²) in [7, 11) is 1.41. The molecule has 0 radical (unpaired) electrons. The third-order valence-corrected chi connectivity index (χ3v) is 5.37. The Bertz CT molecular complexity index is 1070. The predicted octanol–water partition coefficient (Wildman–Crippen LogP) is 5.38. The van der Waals surface area contributed by atoms with Gasteiger partial charge in [0.25, 0.3) is 5.91 Å². The highest BCUT2D eigenvalue weighted by Gasteiger charge is 2.15. The maximum Gasteiger partial charge on any atom is 0.257 e. The van der Waals surface area contributed by atoms with E-state index in [0.29, 0.717) is 22.0 Å². The van der Waals surface area contributed by atoms with Crippen molar-refractivity contribution < 1.29 is 13.9 Å². The number of amides is 1. The largest absolute Gasteiger partial charge is 0.494 e. The van der Waals surface area contributed by atoms with Crippen molar-refractivity contribution in [2.24, 2.45) is 0 Å². The van der Waals surface area contributed by atoms with E-state index >= 15 is 0 Å². The van der Waals surface area contributed by atoms with Gasteiger partial charge in [0, 0.05) is 16.5 Å². The van der Waals surface area contributed by atoms with Crippen molar-refractivity contribution in [1.82, 2.24) is 10.3 Å². The van der Waals surface area contributed by atoms with Gasteiger partial charge in [0.05, 0.1) is 12.8 Å². The molecule has 0 spiro atoms. The topological polar surface area (TPSA) is 63.2 Å². The Balaban J connectivity index is 1.63. The van der Waals surface area contributed by atoms with Gasteiger partial charge < -0.3 is 10.1 Å². The maximum atomic E-state index is 13.9. The zero-order valence-corrected chi connectivity index (χ0v) is 18.7. The zero-order chi connectivity index (χ0) is 21.9. The molecule has 0 aliphatic heterocycles. The minimum atomic E-state index is -0.460. The van der Waals surface area contributed by atoms with Crippen LogP contribution in [-0.4, -0.2) is 23.1 Å². The summed E-state index contributed by atoms with van der Waals surface area (Å²) < 4.78 is 18.8. The Labute approximate surface area is 184 Å². The summed E-state index contributed by atoms with van der Waals surface area (Å²) in [6, 6.07) is 12.1. The summed E-state index contributed by atoms with van der Waals surface area (Å²) in [6.45, 7) is 6.34. The first kappa shape index (κ1) is 21.9. The lowest BCUT2D eigenvalue weighted by Gasteiger charge is -2.19. The van der Waals surface area contributed by atoms with Crippen LogP contribution in [0.25, 0.3) is 11.3 Å². The van der Waals surface area contributed by atoms with Gasteiger partial charge in [-0.2, -0.15) is 0 Å². The molecule has 156 valence electrons. The molecule has 1 aromatic heterocycles. The summed E-state index contributed by atoms with van der Waals surface area (Å²) in [5.41, 5.74) is 2.88. The predicted molar refractivity (Wildman–Crippen MR) is 123 cm³/mol. The highest BCUT2D eigenvalue weighted by Crippen LogP contribution is 2.28. The molecule has 8 heteroatoms. The molecule has 1 amide bonds. The molecular weight excluding hydrogens is 421 g/mol. The molecule has 0 fully saturated rings. The number of ether oxygens (including phenoxy) is 1. The Morgan fingerprint density at radius 2 is 1.87 bits per heavy atom. The van der Waals surface area contributed by atoms with E-state index in [1.165, 1.54) is 24.5 Å². The molecule has 0 atom stereocenters. The fourth-order valence-corrected chi connectivity index (χ4v) is 3.69. The highest BCUT2D eigenvalue weighted by atomic mass is 32.1. The van der Waals surface area contributed by atoms with Crippen LogP contribution in [-0.2, 0) is 5.41 Å². The number of hydrogen-bond donors (Lipinski definition) is 2. The minimum Gasteiger partial charge on any atom is -0.494 e. The lowest BCUT2D eigenvalue weighted by molar-refractivity contribution is 0.0977. The zero-order valence-electron chi connectivity index (χ0n) is 17.1. The first-order valence-corrected chi connectivity index (χ1v) is 10.5. The molecule has 30 heavy (non-hydrogen) atoms. The van der Waals surface area contributed by atoms with Crippen LogP contribution in [0, 0.1) is 5.82 Å². The molecule has 3 aromatic rings. The first-order chi connectivity index (χ1) is 14.2. The Hall–Kier alpha value is -2.84. The summed E-state index contributed by atoms with van der Waals surface area (Å²) in [6.07, 6.45) is 0. The van der Waals surface area contributed by atoms with Crippen molar-refractivity contribution in [3.63, 3.8) is 0 Å². The van der Waals surface area contributed by atoms with Crippen LogP contribution in [0.1, 0.15) is 36.7 Å². The first-order valence-electron chi connectivity index (χ1n) is 9.19. The van der Waals surface area contributed by atoms with Gasteiger partial charge in [-0.25, -0.2) is 9.37 Å². The van der Waals surface area contributed by atoms with Crippen molar-refractivity contribution in [2.75, 3.05) is 12.4 Å². The van der Waals surface area contributed by atoms with Crippen LogP contribution >= 0.6 is 23.6 Å². The van der Waals surface area contributed by atoms with E-state index in [1.54, 1.807) is 29.6 Å². The van der Waals surface area contributed by atoms with E-state index in [9.17, 15) is 9.18 Å². The van der Waals surface area contributed by atoms with E-state index < -0.39 is 5.82 Å². The average Bonchev–Trinajstić information content (AvgIpc) is 3.15. The Morgan fingerprint density at radius 3 is 2.47 bits per heavy atom. The monoisotopic (exact) mass is 443 g/mol. The second kappa shape index (κ2) is 8.89. The lowest BCUT2D eigenvalue weighted by atomic mass is 9.87. The molecule has 0 aliphatic rings. The van der Waals surface area contributed by atoms with Gasteiger partial charge in [-0.3, -0.25) is 10.1 Å². The molecule has 0 saturated carbocycles. The number of hydrogen-bond acceptors (Lipinski definition) is 5. The van der Waals surface area contributed by atoms with Crippen molar-refractivity contribution in [3.05, 3.63) is 64.8 Å². The number of rotatable bonds is 4. The smallest absolute Gasteiger partial charge is 0.257 e. The number of nitrogens with zero attached hydrogens (tertiary/aromatic N) is 1. The quantitative estimate of drug-likeness (QED) is 0.530. The molecule has 0 bridgehead atoms. The third-order valence-electron chi connectivity index (χ3n) is 4.41. The lowest BCUT2D eigenvalue weighted by Crippen LogP contribution is -2.34. The molecule has 1 heterocycles. The van der Waals surface area contributed by atoms with Gasteiger partial charge in [-0.15, -0.1) is 11.3 Å². The number of aromatic nitrogens is 1. The van der Waals surface area contributed by atoms with Crippen molar-refractivity contribution in [2.45, 2.75) is 26.2 Å². The molecule has 2 aromatic carbocycles. The molecule has 2 N–H and O–H groups in total. The molecule has 3 rings (SSSR count). The molecule has 0 unspecified atom stereocenters. The Morgan fingerprint density at radius 1 is 1.17 bits per heavy atom. The van der Waals surface area contributed by atoms with E-state index in [4.69, 9.17) is 17.0 Å². The average molecular weight is 444 g/mol. The fraction of sp³-hybridized carbons (Fsp3) is 0.227. The number of carbonyl (C=O) groups is 1. The number of thiazole rings is 1. The van der Waals surface area contributed by atoms with Gasteiger partial charge in [-0.1, -0.05) is 32.9 Å². The number of anilines is 1. The molecule has 5 nitrogen and oxygen atoms in total. The van der Waals surface area contributed by atoms with Crippen LogP contribution in [0.15, 0.2) is 47.8 Å². The van der Waals surface area contributed by atoms with Gasteiger partial charge in [0.2, 0.25) is 0 Å². The number of methoxy groups -OCH3 is 1. The second-order valence-corrected chi connectivity index (χ2v) is 8.89. The summed E-state index contributed by atoms with van der Waals surface area (Å²) >= 11 is 6.53. The summed E-state index contributed by atoms with van der Waals surface area (Å²) in [5.74, 6) is -0.591. The van der Waals surface area contributed by atoms with Crippen LogP contribution in [0.2, 0.25) is 0 Å². The van der Waals surface area contributed by atoms with E-state index in [2.05, 4.69) is 36.4 Å². The van der Waals surface area contributed by atoms with Crippen LogP contribution in [0.3, 0.4) is 0 Å². The van der Waals surface area contributed by atoms with E-state index in [-0.39, 0.29) is 22.2 Å². The maximum absolute atomic E-state index is 13.9. The van der Waals surface area contributed by atoms with E-state index in [1.807, 2.05) is 12.1 Å². The van der Waals surface area contributed by atoms with Crippen molar-refractivity contribution in [1.29, 1.82) is 0 Å². The van der Waals surface area contributed by atoms with Crippen LogP contribution in [0.5, 0.6) is 5.75 Å². The number of halogens is 1. The number of thiocarbonyl (C=S) groups is 1. The number of nitrogens with one attached hydrogen (secondary N) is 2. The standard InChI is InChI=1S/C22H22FN3O2S2/c1-22(2,3)15-8-5-13(6-9-15)19(27)25-20(29)26-21-24-17(12-30-21)14-7-10-18(28-4)16(23)11-14/h5-12H,1-4H3,(H2,24,25,26,27,29). The number of carbonyl (C=O) groups excluding carboxylic acids is 1. The molecule has 0 aliphatic carbocycles. The summed E-state index contributed by atoms with van der Waals surface area (Å²) in [5, 5.41) is 7.95. The number of benzene rings is 2. The molecular formula is C22H22FN3O2S2. The normalized spacial score (nSPS) is 11.1. The van der Waals surface area contributed by atoms with Crippen LogP contribution in [0.4, 0.5) is 9.52 Å². The van der Waals surface area contributed by atoms with Crippen LogP contribution < -0.4 is 15.4 Å². The highest BCUT2D eigenvalue weighted by molar-refractivity contribution is 7.80. The summed E-state index contributed by atoms with van der Waals surface area (Å²) in [4.78, 5) is 16.8. The third kappa shape index (κ3) is 5.20. The van der Waals surface area contributed by atoms with Crippen molar-refractivity contribution in [3.8, 4) is 17.0 Å². The minimum absolute atomic E-state index is 0.0151.